The number of carbonyl (C=O) groups excluding carboxylic acids is 2. The smallest absolute Gasteiger partial charge is 0.322 e. The molecule has 7 heteroatoms. The van der Waals surface area contributed by atoms with E-state index in [1.807, 2.05) is 49.5 Å². The molecule has 0 atom stereocenters. The molecule has 0 aliphatic carbocycles. The summed E-state index contributed by atoms with van der Waals surface area (Å²) >= 11 is 0. The highest BCUT2D eigenvalue weighted by Gasteiger charge is 2.26. The fraction of sp³-hybridized carbons (Fsp3) is 0.250. The highest BCUT2D eigenvalue weighted by molar-refractivity contribution is 5.94. The van der Waals surface area contributed by atoms with Gasteiger partial charge >= 0.3 is 6.03 Å². The number of furan rings is 1. The minimum absolute atomic E-state index is 0.141. The van der Waals surface area contributed by atoms with Crippen molar-refractivity contribution in [1.82, 2.24) is 9.80 Å². The van der Waals surface area contributed by atoms with E-state index in [9.17, 15) is 9.59 Å². The Bertz CT molecular complexity index is 1010. The van der Waals surface area contributed by atoms with Gasteiger partial charge in [-0.15, -0.1) is 0 Å². The summed E-state index contributed by atoms with van der Waals surface area (Å²) in [6.07, 6.45) is 1.49. The topological polar surface area (TPSA) is 69.0 Å². The highest BCUT2D eigenvalue weighted by atomic mass is 16.3. The molecule has 7 nitrogen and oxygen atoms in total. The molecule has 3 amide bonds. The second-order valence-corrected chi connectivity index (χ2v) is 7.55. The number of benzene rings is 2. The Labute approximate surface area is 181 Å². The van der Waals surface area contributed by atoms with Crippen LogP contribution < -0.4 is 10.2 Å². The number of carbonyl (C=O) groups is 2. The van der Waals surface area contributed by atoms with Crippen LogP contribution in [0.1, 0.15) is 16.1 Å². The second kappa shape index (κ2) is 9.38. The fourth-order valence-corrected chi connectivity index (χ4v) is 3.72. The summed E-state index contributed by atoms with van der Waals surface area (Å²) < 4.78 is 5.19. The van der Waals surface area contributed by atoms with Crippen LogP contribution in [0.15, 0.2) is 77.4 Å². The number of amides is 3. The first-order chi connectivity index (χ1) is 15.1. The number of nitrogens with one attached hydrogen (secondary N) is 1. The molecule has 1 aliphatic heterocycles. The van der Waals surface area contributed by atoms with E-state index in [-0.39, 0.29) is 11.9 Å². The van der Waals surface area contributed by atoms with E-state index in [1.165, 1.54) is 11.8 Å². The summed E-state index contributed by atoms with van der Waals surface area (Å²) in [5.74, 6) is 0.186. The van der Waals surface area contributed by atoms with Crippen LogP contribution in [0, 0.1) is 0 Å². The second-order valence-electron chi connectivity index (χ2n) is 7.55. The number of rotatable bonds is 5. The van der Waals surface area contributed by atoms with Crippen LogP contribution in [-0.2, 0) is 6.54 Å². The van der Waals surface area contributed by atoms with Crippen molar-refractivity contribution in [3.63, 3.8) is 0 Å². The van der Waals surface area contributed by atoms with E-state index in [2.05, 4.69) is 22.3 Å². The third-order valence-corrected chi connectivity index (χ3v) is 5.41. The molecule has 0 radical (unpaired) electrons. The van der Waals surface area contributed by atoms with E-state index >= 15 is 0 Å². The molecule has 2 aromatic carbocycles. The molecule has 3 aromatic rings. The molecule has 1 aliphatic rings. The standard InChI is InChI=1S/C24H26N4O3/c1-26(18-19-8-3-2-4-9-19)21-11-6-5-10-20(21)25-24(30)28-15-13-27(14-16-28)23(29)22-12-7-17-31-22/h2-12,17H,13-16,18H2,1H3,(H,25,30). The van der Waals surface area contributed by atoms with E-state index < -0.39 is 0 Å². The van der Waals surface area contributed by atoms with Gasteiger partial charge < -0.3 is 24.4 Å². The lowest BCUT2D eigenvalue weighted by Gasteiger charge is -2.34. The van der Waals surface area contributed by atoms with Gasteiger partial charge in [-0.3, -0.25) is 4.79 Å². The van der Waals surface area contributed by atoms with E-state index in [1.54, 1.807) is 21.9 Å². The summed E-state index contributed by atoms with van der Waals surface area (Å²) in [4.78, 5) is 30.9. The van der Waals surface area contributed by atoms with Gasteiger partial charge in [0.15, 0.2) is 5.76 Å². The van der Waals surface area contributed by atoms with Crippen LogP contribution in [0.5, 0.6) is 0 Å². The van der Waals surface area contributed by atoms with E-state index in [0.29, 0.717) is 31.9 Å². The molecule has 31 heavy (non-hydrogen) atoms. The van der Waals surface area contributed by atoms with Crippen LogP contribution in [0.3, 0.4) is 0 Å². The lowest BCUT2D eigenvalue weighted by Crippen LogP contribution is -2.51. The number of hydrogen-bond acceptors (Lipinski definition) is 4. The highest BCUT2D eigenvalue weighted by Crippen LogP contribution is 2.26. The fourth-order valence-electron chi connectivity index (χ4n) is 3.72. The molecule has 160 valence electrons. The number of hydrogen-bond donors (Lipinski definition) is 1. The Balaban J connectivity index is 1.36. The molecule has 1 aromatic heterocycles. The first-order valence-corrected chi connectivity index (χ1v) is 10.3. The van der Waals surface area contributed by atoms with Crippen molar-refractivity contribution in [3.05, 3.63) is 84.3 Å². The van der Waals surface area contributed by atoms with Crippen LogP contribution in [-0.4, -0.2) is 55.0 Å². The molecular formula is C24H26N4O3. The van der Waals surface area contributed by atoms with Gasteiger partial charge in [-0.25, -0.2) is 4.79 Å². The molecular weight excluding hydrogens is 392 g/mol. The average molecular weight is 418 g/mol. The maximum absolute atomic E-state index is 12.9. The zero-order chi connectivity index (χ0) is 21.6. The van der Waals surface area contributed by atoms with Gasteiger partial charge in [0, 0.05) is 39.8 Å². The minimum Gasteiger partial charge on any atom is -0.459 e. The van der Waals surface area contributed by atoms with Crippen molar-refractivity contribution in [1.29, 1.82) is 0 Å². The molecule has 0 spiro atoms. The summed E-state index contributed by atoms with van der Waals surface area (Å²) in [5.41, 5.74) is 2.91. The van der Waals surface area contributed by atoms with E-state index in [0.717, 1.165) is 17.9 Å². The van der Waals surface area contributed by atoms with Crippen LogP contribution in [0.4, 0.5) is 16.2 Å². The summed E-state index contributed by atoms with van der Waals surface area (Å²) in [5, 5.41) is 3.04. The molecule has 4 rings (SSSR count). The molecule has 2 heterocycles. The largest absolute Gasteiger partial charge is 0.459 e. The quantitative estimate of drug-likeness (QED) is 0.682. The Morgan fingerprint density at radius 2 is 1.58 bits per heavy atom. The predicted octanol–water partition coefficient (Wildman–Crippen LogP) is 3.91. The molecule has 0 bridgehead atoms. The first kappa shape index (κ1) is 20.5. The Hall–Kier alpha value is -3.74. The Morgan fingerprint density at radius 3 is 2.29 bits per heavy atom. The average Bonchev–Trinajstić information content (AvgIpc) is 3.35. The summed E-state index contributed by atoms with van der Waals surface area (Å²) in [6.45, 7) is 2.63. The summed E-state index contributed by atoms with van der Waals surface area (Å²) in [6, 6.07) is 21.2. The van der Waals surface area contributed by atoms with Crippen LogP contribution in [0.2, 0.25) is 0 Å². The molecule has 0 unspecified atom stereocenters. The summed E-state index contributed by atoms with van der Waals surface area (Å²) in [7, 11) is 2.01. The maximum atomic E-state index is 12.9. The lowest BCUT2D eigenvalue weighted by molar-refractivity contribution is 0.0640. The molecule has 1 fully saturated rings. The normalized spacial score (nSPS) is 13.7. The van der Waals surface area contributed by atoms with Gasteiger partial charge in [-0.05, 0) is 29.8 Å². The lowest BCUT2D eigenvalue weighted by atomic mass is 10.2. The zero-order valence-electron chi connectivity index (χ0n) is 17.5. The maximum Gasteiger partial charge on any atom is 0.322 e. The SMILES string of the molecule is CN(Cc1ccccc1)c1ccccc1NC(=O)N1CCN(C(=O)c2ccco2)CC1. The van der Waals surface area contributed by atoms with Gasteiger partial charge in [0.25, 0.3) is 5.91 Å². The molecule has 0 saturated carbocycles. The van der Waals surface area contributed by atoms with Gasteiger partial charge in [0.1, 0.15) is 0 Å². The number of piperazine rings is 1. The van der Waals surface area contributed by atoms with Crippen LogP contribution in [0.25, 0.3) is 0 Å². The van der Waals surface area contributed by atoms with Gasteiger partial charge in [0.05, 0.1) is 17.6 Å². The monoisotopic (exact) mass is 418 g/mol. The predicted molar refractivity (Wildman–Crippen MR) is 120 cm³/mol. The Kier molecular flexibility index (Phi) is 6.21. The van der Waals surface area contributed by atoms with Crippen molar-refractivity contribution in [3.8, 4) is 0 Å². The third kappa shape index (κ3) is 4.88. The Morgan fingerprint density at radius 1 is 0.903 bits per heavy atom. The van der Waals surface area contributed by atoms with Crippen molar-refractivity contribution >= 4 is 23.3 Å². The van der Waals surface area contributed by atoms with Crippen molar-refractivity contribution in [2.75, 3.05) is 43.4 Å². The van der Waals surface area contributed by atoms with Gasteiger partial charge in [-0.2, -0.15) is 0 Å². The third-order valence-electron chi connectivity index (χ3n) is 5.41. The number of nitrogens with zero attached hydrogens (tertiary/aromatic N) is 3. The van der Waals surface area contributed by atoms with Gasteiger partial charge in [0.2, 0.25) is 0 Å². The molecule has 1 N–H and O–H groups in total. The van der Waals surface area contributed by atoms with E-state index in [4.69, 9.17) is 4.42 Å². The van der Waals surface area contributed by atoms with Crippen molar-refractivity contribution in [2.24, 2.45) is 0 Å². The number of urea groups is 1. The van der Waals surface area contributed by atoms with Crippen LogP contribution >= 0.6 is 0 Å². The number of para-hydroxylation sites is 2. The zero-order valence-corrected chi connectivity index (χ0v) is 17.5. The first-order valence-electron chi connectivity index (χ1n) is 10.3. The van der Waals surface area contributed by atoms with Gasteiger partial charge in [-0.1, -0.05) is 42.5 Å². The number of anilines is 2. The van der Waals surface area contributed by atoms with Crippen molar-refractivity contribution in [2.45, 2.75) is 6.54 Å². The minimum atomic E-state index is -0.161. The molecule has 1 saturated heterocycles. The van der Waals surface area contributed by atoms with Crippen molar-refractivity contribution < 1.29 is 14.0 Å².